The molecule has 1 fully saturated rings. The second kappa shape index (κ2) is 10.9. The second-order valence-electron chi connectivity index (χ2n) is 8.93. The van der Waals surface area contributed by atoms with Crippen molar-refractivity contribution in [2.45, 2.75) is 69.9 Å². The zero-order valence-electron chi connectivity index (χ0n) is 18.4. The number of benzene rings is 2. The molecule has 4 nitrogen and oxygen atoms in total. The molecule has 30 heavy (non-hydrogen) atoms. The lowest BCUT2D eigenvalue weighted by molar-refractivity contribution is -0.156. The fourth-order valence-corrected chi connectivity index (χ4v) is 7.18. The first kappa shape index (κ1) is 22.7. The Bertz CT molecular complexity index is 778. The molecule has 162 valence electrons. The summed E-state index contributed by atoms with van der Waals surface area (Å²) in [5.41, 5.74) is 2.69. The normalized spacial score (nSPS) is 21.9. The minimum absolute atomic E-state index is 0.0615. The Morgan fingerprint density at radius 3 is 2.27 bits per heavy atom. The Morgan fingerprint density at radius 2 is 1.63 bits per heavy atom. The van der Waals surface area contributed by atoms with E-state index in [1.165, 1.54) is 18.1 Å². The van der Waals surface area contributed by atoms with E-state index in [0.29, 0.717) is 13.2 Å². The van der Waals surface area contributed by atoms with Crippen LogP contribution in [0.15, 0.2) is 60.7 Å². The van der Waals surface area contributed by atoms with Crippen molar-refractivity contribution in [2.75, 3.05) is 6.61 Å². The molecule has 1 saturated heterocycles. The van der Waals surface area contributed by atoms with Gasteiger partial charge in [0, 0.05) is 26.4 Å². The average Bonchev–Trinajstić information content (AvgIpc) is 2.72. The van der Waals surface area contributed by atoms with Gasteiger partial charge in [-0.15, -0.1) is 0 Å². The SMILES string of the molecule is CC(=O)O[C@H]1C[C@@H](CCOCc2ccccc2)O[C@@H]([Si](C)(C)Cc2ccccc2)C1. The number of carbonyl (C=O) groups excluding carboxylic acids is 1. The summed E-state index contributed by atoms with van der Waals surface area (Å²) in [5.74, 6) is -0.206. The molecule has 0 saturated carbocycles. The van der Waals surface area contributed by atoms with Gasteiger partial charge < -0.3 is 14.2 Å². The molecule has 3 atom stereocenters. The van der Waals surface area contributed by atoms with Crippen LogP contribution in [0, 0.1) is 0 Å². The summed E-state index contributed by atoms with van der Waals surface area (Å²) >= 11 is 0. The molecular weight excluding hydrogens is 392 g/mol. The molecular formula is C25H34O4Si. The first-order valence-corrected chi connectivity index (χ1v) is 14.2. The van der Waals surface area contributed by atoms with E-state index in [1.807, 2.05) is 18.2 Å². The lowest BCUT2D eigenvalue weighted by Crippen LogP contribution is -2.53. The van der Waals surface area contributed by atoms with Crippen LogP contribution in [0.2, 0.25) is 13.1 Å². The predicted molar refractivity (Wildman–Crippen MR) is 122 cm³/mol. The average molecular weight is 427 g/mol. The van der Waals surface area contributed by atoms with Crippen LogP contribution in [-0.2, 0) is 31.7 Å². The maximum atomic E-state index is 11.6. The van der Waals surface area contributed by atoms with Crippen LogP contribution < -0.4 is 0 Å². The molecule has 1 aliphatic rings. The second-order valence-corrected chi connectivity index (χ2v) is 13.9. The maximum absolute atomic E-state index is 11.6. The minimum Gasteiger partial charge on any atom is -0.462 e. The lowest BCUT2D eigenvalue weighted by atomic mass is 10.0. The van der Waals surface area contributed by atoms with Crippen LogP contribution in [0.1, 0.15) is 37.3 Å². The van der Waals surface area contributed by atoms with Gasteiger partial charge in [-0.3, -0.25) is 4.79 Å². The molecule has 2 aromatic rings. The molecule has 0 bridgehead atoms. The van der Waals surface area contributed by atoms with Gasteiger partial charge in [0.25, 0.3) is 0 Å². The third-order valence-corrected chi connectivity index (χ3v) is 9.20. The van der Waals surface area contributed by atoms with E-state index < -0.39 is 8.07 Å². The van der Waals surface area contributed by atoms with Crippen molar-refractivity contribution in [1.82, 2.24) is 0 Å². The quantitative estimate of drug-likeness (QED) is 0.318. The van der Waals surface area contributed by atoms with E-state index in [0.717, 1.165) is 25.3 Å². The van der Waals surface area contributed by atoms with Gasteiger partial charge in [-0.05, 0) is 18.0 Å². The fraction of sp³-hybridized carbons (Fsp3) is 0.480. The van der Waals surface area contributed by atoms with Crippen LogP contribution in [-0.4, -0.2) is 38.6 Å². The summed E-state index contributed by atoms with van der Waals surface area (Å²) in [5, 5.41) is 0. The molecule has 0 unspecified atom stereocenters. The van der Waals surface area contributed by atoms with Gasteiger partial charge in [-0.2, -0.15) is 0 Å². The van der Waals surface area contributed by atoms with Gasteiger partial charge in [0.15, 0.2) is 0 Å². The van der Waals surface area contributed by atoms with Crippen molar-refractivity contribution in [2.24, 2.45) is 0 Å². The molecule has 1 aliphatic heterocycles. The van der Waals surface area contributed by atoms with Gasteiger partial charge in [0.2, 0.25) is 0 Å². The molecule has 0 radical (unpaired) electrons. The third kappa shape index (κ3) is 7.08. The van der Waals surface area contributed by atoms with Crippen LogP contribution >= 0.6 is 0 Å². The number of hydrogen-bond donors (Lipinski definition) is 0. The molecule has 0 spiro atoms. The van der Waals surface area contributed by atoms with Crippen molar-refractivity contribution < 1.29 is 19.0 Å². The van der Waals surface area contributed by atoms with E-state index in [1.54, 1.807) is 0 Å². The van der Waals surface area contributed by atoms with Crippen LogP contribution in [0.5, 0.6) is 0 Å². The Hall–Kier alpha value is -1.95. The van der Waals surface area contributed by atoms with Crippen molar-refractivity contribution in [1.29, 1.82) is 0 Å². The highest BCUT2D eigenvalue weighted by molar-refractivity contribution is 6.78. The Kier molecular flexibility index (Phi) is 8.25. The van der Waals surface area contributed by atoms with Crippen molar-refractivity contribution in [3.63, 3.8) is 0 Å². The standard InChI is InChI=1S/C25H34O4Si/c1-20(26)28-24-16-23(14-15-27-18-21-10-6-4-7-11-21)29-25(17-24)30(2,3)19-22-12-8-5-9-13-22/h4-13,23-25H,14-19H2,1-3H3/t23-,24+,25+/m1/s1. The number of carbonyl (C=O) groups is 1. The summed E-state index contributed by atoms with van der Waals surface area (Å²) in [7, 11) is -1.73. The zero-order valence-corrected chi connectivity index (χ0v) is 19.4. The maximum Gasteiger partial charge on any atom is 0.302 e. The molecule has 5 heteroatoms. The third-order valence-electron chi connectivity index (χ3n) is 5.76. The van der Waals surface area contributed by atoms with E-state index in [9.17, 15) is 4.79 Å². The lowest BCUT2D eigenvalue weighted by Gasteiger charge is -2.42. The fourth-order valence-electron chi connectivity index (χ4n) is 4.21. The van der Waals surface area contributed by atoms with Gasteiger partial charge in [0.05, 0.1) is 26.5 Å². The van der Waals surface area contributed by atoms with Gasteiger partial charge in [0.1, 0.15) is 6.10 Å². The van der Waals surface area contributed by atoms with Crippen molar-refractivity contribution in [3.05, 3.63) is 71.8 Å². The summed E-state index contributed by atoms with van der Waals surface area (Å²) in [6.45, 7) is 7.50. The van der Waals surface area contributed by atoms with Crippen LogP contribution in [0.3, 0.4) is 0 Å². The van der Waals surface area contributed by atoms with Crippen LogP contribution in [0.25, 0.3) is 0 Å². The van der Waals surface area contributed by atoms with E-state index >= 15 is 0 Å². The highest BCUT2D eigenvalue weighted by Crippen LogP contribution is 2.31. The predicted octanol–water partition coefficient (Wildman–Crippen LogP) is 5.10. The molecule has 0 N–H and O–H groups in total. The van der Waals surface area contributed by atoms with Gasteiger partial charge in [-0.25, -0.2) is 0 Å². The monoisotopic (exact) mass is 426 g/mol. The summed E-state index contributed by atoms with van der Waals surface area (Å²) in [6.07, 6.45) is 2.36. The zero-order chi connectivity index (χ0) is 21.4. The first-order chi connectivity index (χ1) is 14.4. The number of esters is 1. The Balaban J connectivity index is 1.58. The largest absolute Gasteiger partial charge is 0.462 e. The first-order valence-electron chi connectivity index (χ1n) is 10.9. The minimum atomic E-state index is -1.73. The van der Waals surface area contributed by atoms with Gasteiger partial charge in [-0.1, -0.05) is 79.3 Å². The Morgan fingerprint density at radius 1 is 1.00 bits per heavy atom. The Labute approximate surface area is 181 Å². The van der Waals surface area contributed by atoms with E-state index in [2.05, 4.69) is 55.6 Å². The molecule has 0 aliphatic carbocycles. The van der Waals surface area contributed by atoms with E-state index in [4.69, 9.17) is 14.2 Å². The summed E-state index contributed by atoms with van der Waals surface area (Å²) in [6, 6.07) is 21.9. The smallest absolute Gasteiger partial charge is 0.302 e. The number of ether oxygens (including phenoxy) is 3. The molecule has 0 amide bonds. The molecule has 2 aromatic carbocycles. The summed E-state index contributed by atoms with van der Waals surface area (Å²) in [4.78, 5) is 11.6. The molecule has 3 rings (SSSR count). The van der Waals surface area contributed by atoms with Crippen LogP contribution in [0.4, 0.5) is 0 Å². The highest BCUT2D eigenvalue weighted by Gasteiger charge is 2.41. The van der Waals surface area contributed by atoms with E-state index in [-0.39, 0.29) is 23.9 Å². The number of hydrogen-bond acceptors (Lipinski definition) is 4. The highest BCUT2D eigenvalue weighted by atomic mass is 28.3. The number of rotatable bonds is 9. The van der Waals surface area contributed by atoms with Crippen molar-refractivity contribution >= 4 is 14.0 Å². The molecule has 0 aromatic heterocycles. The summed E-state index contributed by atoms with van der Waals surface area (Å²) < 4.78 is 18.1. The topological polar surface area (TPSA) is 44.8 Å². The van der Waals surface area contributed by atoms with Gasteiger partial charge >= 0.3 is 5.97 Å². The van der Waals surface area contributed by atoms with Crippen molar-refractivity contribution in [3.8, 4) is 0 Å². The molecule has 1 heterocycles.